The smallest absolute Gasteiger partial charge is 0.132 e. The van der Waals surface area contributed by atoms with Gasteiger partial charge in [-0.15, -0.1) is 0 Å². The normalized spacial score (nSPS) is 12.4. The van der Waals surface area contributed by atoms with Crippen LogP contribution in [-0.2, 0) is 6.54 Å². The van der Waals surface area contributed by atoms with Gasteiger partial charge in [-0.25, -0.2) is 4.39 Å². The van der Waals surface area contributed by atoms with Crippen molar-refractivity contribution in [1.29, 1.82) is 0 Å². The first kappa shape index (κ1) is 14.5. The molecule has 0 amide bonds. The van der Waals surface area contributed by atoms with Crippen LogP contribution in [-0.4, -0.2) is 23.4 Å². The fourth-order valence-electron chi connectivity index (χ4n) is 2.27. The number of nitrogens with one attached hydrogen (secondary N) is 1. The summed E-state index contributed by atoms with van der Waals surface area (Å²) in [5.74, 6) is 0.264. The maximum absolute atomic E-state index is 14.2. The van der Waals surface area contributed by atoms with E-state index < -0.39 is 0 Å². The van der Waals surface area contributed by atoms with E-state index in [1.165, 1.54) is 6.07 Å². The van der Waals surface area contributed by atoms with Crippen molar-refractivity contribution in [3.05, 3.63) is 47.5 Å². The van der Waals surface area contributed by atoms with Gasteiger partial charge in [0, 0.05) is 18.3 Å². The molecule has 0 aliphatic carbocycles. The Morgan fingerprint density at radius 3 is 2.80 bits per heavy atom. The van der Waals surface area contributed by atoms with E-state index in [2.05, 4.69) is 10.4 Å². The lowest BCUT2D eigenvalue weighted by Gasteiger charge is -2.20. The second kappa shape index (κ2) is 6.52. The van der Waals surface area contributed by atoms with Gasteiger partial charge < -0.3 is 10.1 Å². The second-order valence-electron chi connectivity index (χ2n) is 4.48. The first-order chi connectivity index (χ1) is 9.71. The van der Waals surface area contributed by atoms with Crippen LogP contribution in [0.4, 0.5) is 4.39 Å². The van der Waals surface area contributed by atoms with Crippen molar-refractivity contribution in [1.82, 2.24) is 15.1 Å². The average molecular weight is 277 g/mol. The van der Waals surface area contributed by atoms with E-state index in [4.69, 9.17) is 4.74 Å². The second-order valence-corrected chi connectivity index (χ2v) is 4.48. The van der Waals surface area contributed by atoms with Gasteiger partial charge in [-0.3, -0.25) is 4.68 Å². The largest absolute Gasteiger partial charge is 0.496 e. The summed E-state index contributed by atoms with van der Waals surface area (Å²) < 4.78 is 21.4. The Kier molecular flexibility index (Phi) is 4.74. The molecular weight excluding hydrogens is 257 g/mol. The van der Waals surface area contributed by atoms with Crippen molar-refractivity contribution in [2.75, 3.05) is 13.7 Å². The topological polar surface area (TPSA) is 39.1 Å². The summed E-state index contributed by atoms with van der Waals surface area (Å²) in [4.78, 5) is 0. The zero-order valence-electron chi connectivity index (χ0n) is 12.1. The van der Waals surface area contributed by atoms with Crippen molar-refractivity contribution in [3.8, 4) is 5.75 Å². The van der Waals surface area contributed by atoms with Gasteiger partial charge in [-0.2, -0.15) is 5.10 Å². The molecule has 0 aliphatic heterocycles. The van der Waals surface area contributed by atoms with Crippen LogP contribution in [0.5, 0.6) is 5.75 Å². The molecule has 0 bridgehead atoms. The number of halogens is 1. The van der Waals surface area contributed by atoms with Gasteiger partial charge in [-0.05, 0) is 25.6 Å². The van der Waals surface area contributed by atoms with Crippen molar-refractivity contribution >= 4 is 0 Å². The highest BCUT2D eigenvalue weighted by Crippen LogP contribution is 2.32. The Balaban J connectivity index is 2.47. The van der Waals surface area contributed by atoms with Gasteiger partial charge in [0.15, 0.2) is 0 Å². The zero-order valence-corrected chi connectivity index (χ0v) is 12.1. The van der Waals surface area contributed by atoms with E-state index in [1.807, 2.05) is 24.7 Å². The van der Waals surface area contributed by atoms with Crippen LogP contribution in [0, 0.1) is 5.82 Å². The lowest BCUT2D eigenvalue weighted by atomic mass is 9.99. The standard InChI is InChI=1S/C15H20FN3O/c1-4-17-15(11-9-18-19(5-2)10-11)14-12(16)7-6-8-13(14)20-3/h6-10,15,17H,4-5H2,1-3H3. The fraction of sp³-hybridized carbons (Fsp3) is 0.400. The van der Waals surface area contributed by atoms with Crippen LogP contribution in [0.1, 0.15) is 31.0 Å². The number of aromatic nitrogens is 2. The molecule has 1 aromatic carbocycles. The van der Waals surface area contributed by atoms with E-state index in [0.717, 1.165) is 18.7 Å². The first-order valence-corrected chi connectivity index (χ1v) is 6.79. The number of ether oxygens (including phenoxy) is 1. The van der Waals surface area contributed by atoms with Crippen LogP contribution in [0.25, 0.3) is 0 Å². The molecule has 0 spiro atoms. The van der Waals surface area contributed by atoms with Crippen molar-refractivity contribution < 1.29 is 9.13 Å². The van der Waals surface area contributed by atoms with E-state index in [9.17, 15) is 4.39 Å². The predicted molar refractivity (Wildman–Crippen MR) is 76.4 cm³/mol. The average Bonchev–Trinajstić information content (AvgIpc) is 2.93. The summed E-state index contributed by atoms with van der Waals surface area (Å²) in [7, 11) is 1.55. The van der Waals surface area contributed by atoms with Crippen LogP contribution < -0.4 is 10.1 Å². The SMILES string of the molecule is CCNC(c1cnn(CC)c1)c1c(F)cccc1OC. The van der Waals surface area contributed by atoms with Crippen molar-refractivity contribution in [2.24, 2.45) is 0 Å². The molecular formula is C15H20FN3O. The molecule has 108 valence electrons. The van der Waals surface area contributed by atoms with Crippen molar-refractivity contribution in [3.63, 3.8) is 0 Å². The Labute approximate surface area is 118 Å². The van der Waals surface area contributed by atoms with E-state index >= 15 is 0 Å². The number of hydrogen-bond donors (Lipinski definition) is 1. The van der Waals surface area contributed by atoms with Gasteiger partial charge in [-0.1, -0.05) is 13.0 Å². The maximum atomic E-state index is 14.2. The lowest BCUT2D eigenvalue weighted by molar-refractivity contribution is 0.397. The molecule has 0 saturated carbocycles. The number of methoxy groups -OCH3 is 1. The first-order valence-electron chi connectivity index (χ1n) is 6.79. The van der Waals surface area contributed by atoms with Gasteiger partial charge in [0.25, 0.3) is 0 Å². The molecule has 2 aromatic rings. The van der Waals surface area contributed by atoms with Crippen LogP contribution >= 0.6 is 0 Å². The third-order valence-corrected chi connectivity index (χ3v) is 3.24. The van der Waals surface area contributed by atoms with Gasteiger partial charge in [0.2, 0.25) is 0 Å². The third kappa shape index (κ3) is 2.82. The Bertz CT molecular complexity index is 568. The summed E-state index contributed by atoms with van der Waals surface area (Å²) in [6.07, 6.45) is 3.70. The Morgan fingerprint density at radius 2 is 2.20 bits per heavy atom. The summed E-state index contributed by atoms with van der Waals surface area (Å²) in [5, 5.41) is 7.56. The van der Waals surface area contributed by atoms with Crippen molar-refractivity contribution in [2.45, 2.75) is 26.4 Å². The van der Waals surface area contributed by atoms with Crippen LogP contribution in [0.3, 0.4) is 0 Å². The van der Waals surface area contributed by atoms with Crippen LogP contribution in [0.2, 0.25) is 0 Å². The minimum absolute atomic E-state index is 0.267. The highest BCUT2D eigenvalue weighted by atomic mass is 19.1. The molecule has 1 atom stereocenters. The van der Waals surface area contributed by atoms with Gasteiger partial charge >= 0.3 is 0 Å². The molecule has 5 heteroatoms. The summed E-state index contributed by atoms with van der Waals surface area (Å²) in [6.45, 7) is 5.51. The maximum Gasteiger partial charge on any atom is 0.132 e. The number of benzene rings is 1. The molecule has 1 heterocycles. The fourth-order valence-corrected chi connectivity index (χ4v) is 2.27. The molecule has 1 N–H and O–H groups in total. The molecule has 1 unspecified atom stereocenters. The predicted octanol–water partition coefficient (Wildman–Crippen LogP) is 2.75. The van der Waals surface area contributed by atoms with E-state index in [-0.39, 0.29) is 11.9 Å². The summed E-state index contributed by atoms with van der Waals surface area (Å²) in [6, 6.07) is 4.60. The highest BCUT2D eigenvalue weighted by Gasteiger charge is 2.22. The molecule has 0 radical (unpaired) electrons. The minimum Gasteiger partial charge on any atom is -0.496 e. The Morgan fingerprint density at radius 1 is 1.40 bits per heavy atom. The minimum atomic E-state index is -0.278. The summed E-state index contributed by atoms with van der Waals surface area (Å²) in [5.41, 5.74) is 1.45. The molecule has 0 fully saturated rings. The highest BCUT2D eigenvalue weighted by molar-refractivity contribution is 5.41. The monoisotopic (exact) mass is 277 g/mol. The number of aryl methyl sites for hydroxylation is 1. The zero-order chi connectivity index (χ0) is 14.5. The Hall–Kier alpha value is -1.88. The molecule has 4 nitrogen and oxygen atoms in total. The summed E-state index contributed by atoms with van der Waals surface area (Å²) >= 11 is 0. The molecule has 0 aliphatic rings. The van der Waals surface area contributed by atoms with Crippen LogP contribution in [0.15, 0.2) is 30.6 Å². The molecule has 2 rings (SSSR count). The number of hydrogen-bond acceptors (Lipinski definition) is 3. The quantitative estimate of drug-likeness (QED) is 0.882. The molecule has 20 heavy (non-hydrogen) atoms. The number of nitrogens with zero attached hydrogens (tertiary/aromatic N) is 2. The molecule has 0 saturated heterocycles. The van der Waals surface area contributed by atoms with Gasteiger partial charge in [0.05, 0.1) is 24.9 Å². The van der Waals surface area contributed by atoms with E-state index in [1.54, 1.807) is 25.4 Å². The number of rotatable bonds is 6. The lowest BCUT2D eigenvalue weighted by Crippen LogP contribution is -2.23. The molecule has 1 aromatic heterocycles. The van der Waals surface area contributed by atoms with Gasteiger partial charge in [0.1, 0.15) is 11.6 Å². The third-order valence-electron chi connectivity index (χ3n) is 3.24. The van der Waals surface area contributed by atoms with E-state index in [0.29, 0.717) is 11.3 Å².